The maximum Gasteiger partial charge on any atom is 0.150 e. The molecule has 0 radical (unpaired) electrons. The largest absolute Gasteiger partial charge is 0.298 e. The van der Waals surface area contributed by atoms with Crippen molar-refractivity contribution in [1.29, 1.82) is 0 Å². The molecule has 0 fully saturated rings. The number of hydrogen-bond acceptors (Lipinski definition) is 2. The molecule has 1 heterocycles. The fourth-order valence-electron chi connectivity index (χ4n) is 1.46. The lowest BCUT2D eigenvalue weighted by atomic mass is 10.0. The average Bonchev–Trinajstić information content (AvgIpc) is 2.64. The van der Waals surface area contributed by atoms with Gasteiger partial charge in [0.2, 0.25) is 0 Å². The van der Waals surface area contributed by atoms with E-state index in [1.54, 1.807) is 11.3 Å². The molecule has 1 aromatic carbocycles. The summed E-state index contributed by atoms with van der Waals surface area (Å²) in [5, 5.41) is 2.01. The van der Waals surface area contributed by atoms with Crippen molar-refractivity contribution in [3.63, 3.8) is 0 Å². The molecule has 0 atom stereocenters. The van der Waals surface area contributed by atoms with Gasteiger partial charge in [-0.2, -0.15) is 0 Å². The molecule has 0 unspecified atom stereocenters. The lowest BCUT2D eigenvalue weighted by Crippen LogP contribution is -1.87. The summed E-state index contributed by atoms with van der Waals surface area (Å²) in [5.74, 6) is 0. The van der Waals surface area contributed by atoms with Crippen molar-refractivity contribution in [2.45, 2.75) is 6.92 Å². The van der Waals surface area contributed by atoms with Gasteiger partial charge in [-0.1, -0.05) is 17.7 Å². The Balaban J connectivity index is 2.65. The summed E-state index contributed by atoms with van der Waals surface area (Å²) < 4.78 is 1.04. The first kappa shape index (κ1) is 10.6. The van der Waals surface area contributed by atoms with Crippen molar-refractivity contribution in [1.82, 2.24) is 0 Å². The van der Waals surface area contributed by atoms with E-state index in [1.807, 2.05) is 36.6 Å². The molecule has 1 aromatic heterocycles. The van der Waals surface area contributed by atoms with E-state index < -0.39 is 0 Å². The van der Waals surface area contributed by atoms with Gasteiger partial charge in [-0.15, -0.1) is 11.3 Å². The van der Waals surface area contributed by atoms with Gasteiger partial charge in [0.05, 0.1) is 0 Å². The lowest BCUT2D eigenvalue weighted by molar-refractivity contribution is 0.112. The summed E-state index contributed by atoms with van der Waals surface area (Å²) in [6.45, 7) is 2.03. The monoisotopic (exact) mass is 280 g/mol. The van der Waals surface area contributed by atoms with Crippen LogP contribution in [0.2, 0.25) is 0 Å². The molecule has 1 nitrogen and oxygen atoms in total. The molecule has 0 amide bonds. The Kier molecular flexibility index (Phi) is 3.03. The molecule has 2 rings (SSSR count). The summed E-state index contributed by atoms with van der Waals surface area (Å²) in [4.78, 5) is 12.0. The van der Waals surface area contributed by atoms with Crippen LogP contribution in [0.5, 0.6) is 0 Å². The summed E-state index contributed by atoms with van der Waals surface area (Å²) in [5.41, 5.74) is 2.91. The van der Waals surface area contributed by atoms with Gasteiger partial charge in [0.25, 0.3) is 0 Å². The average molecular weight is 281 g/mol. The number of rotatable bonds is 2. The Hall–Kier alpha value is -0.930. The lowest BCUT2D eigenvalue weighted by Gasteiger charge is -2.04. The number of halogens is 1. The molecule has 15 heavy (non-hydrogen) atoms. The van der Waals surface area contributed by atoms with E-state index >= 15 is 0 Å². The van der Waals surface area contributed by atoms with Crippen LogP contribution in [-0.2, 0) is 0 Å². The topological polar surface area (TPSA) is 17.1 Å². The summed E-state index contributed by atoms with van der Waals surface area (Å²) in [6, 6.07) is 7.86. The van der Waals surface area contributed by atoms with Gasteiger partial charge in [0.15, 0.2) is 6.29 Å². The van der Waals surface area contributed by atoms with E-state index in [2.05, 4.69) is 15.9 Å². The summed E-state index contributed by atoms with van der Waals surface area (Å²) >= 11 is 5.12. The first-order chi connectivity index (χ1) is 7.22. The highest BCUT2D eigenvalue weighted by Gasteiger charge is 2.09. The molecule has 0 saturated carbocycles. The smallest absolute Gasteiger partial charge is 0.150 e. The van der Waals surface area contributed by atoms with Crippen molar-refractivity contribution in [3.8, 4) is 10.4 Å². The molecular weight excluding hydrogens is 272 g/mol. The van der Waals surface area contributed by atoms with Crippen LogP contribution in [0.4, 0.5) is 0 Å². The molecule has 0 aliphatic rings. The molecule has 0 spiro atoms. The number of aldehydes is 1. The zero-order chi connectivity index (χ0) is 10.8. The highest BCUT2D eigenvalue weighted by molar-refractivity contribution is 9.10. The number of carbonyl (C=O) groups excluding carboxylic acids is 1. The molecule has 0 N–H and O–H groups in total. The molecule has 0 aliphatic heterocycles. The van der Waals surface area contributed by atoms with Gasteiger partial charge < -0.3 is 0 Å². The fourth-order valence-corrected chi connectivity index (χ4v) is 3.08. The second-order valence-electron chi connectivity index (χ2n) is 3.31. The van der Waals surface area contributed by atoms with E-state index in [1.165, 1.54) is 0 Å². The highest BCUT2D eigenvalue weighted by atomic mass is 79.9. The maximum atomic E-state index is 10.9. The van der Waals surface area contributed by atoms with E-state index in [-0.39, 0.29) is 0 Å². The minimum atomic E-state index is 0.740. The molecule has 0 aliphatic carbocycles. The van der Waals surface area contributed by atoms with Crippen LogP contribution < -0.4 is 0 Å². The second-order valence-corrected chi connectivity index (χ2v) is 5.08. The van der Waals surface area contributed by atoms with E-state index in [0.29, 0.717) is 0 Å². The van der Waals surface area contributed by atoms with Gasteiger partial charge in [0.1, 0.15) is 0 Å². The van der Waals surface area contributed by atoms with Gasteiger partial charge in [-0.25, -0.2) is 0 Å². The Morgan fingerprint density at radius 3 is 2.73 bits per heavy atom. The molecule has 3 heteroatoms. The zero-order valence-electron chi connectivity index (χ0n) is 8.16. The van der Waals surface area contributed by atoms with Gasteiger partial charge in [-0.05, 0) is 40.4 Å². The third-order valence-corrected chi connectivity index (χ3v) is 4.07. The SMILES string of the molecule is Cc1ccc(C=O)c(-c2sccc2Br)c1. The number of carbonyl (C=O) groups is 1. The predicted molar refractivity (Wildman–Crippen MR) is 67.6 cm³/mol. The first-order valence-corrected chi connectivity index (χ1v) is 6.19. The van der Waals surface area contributed by atoms with Crippen LogP contribution in [0, 0.1) is 6.92 Å². The molecule has 0 saturated heterocycles. The van der Waals surface area contributed by atoms with Crippen LogP contribution in [0.15, 0.2) is 34.1 Å². The number of benzene rings is 1. The van der Waals surface area contributed by atoms with E-state index in [4.69, 9.17) is 0 Å². The van der Waals surface area contributed by atoms with Crippen molar-refractivity contribution < 1.29 is 4.79 Å². The minimum Gasteiger partial charge on any atom is -0.298 e. The number of aryl methyl sites for hydroxylation is 1. The molecule has 0 bridgehead atoms. The Morgan fingerprint density at radius 2 is 2.13 bits per heavy atom. The maximum absolute atomic E-state index is 10.9. The normalized spacial score (nSPS) is 10.3. The summed E-state index contributed by atoms with van der Waals surface area (Å²) in [6.07, 6.45) is 0.904. The summed E-state index contributed by atoms with van der Waals surface area (Å²) in [7, 11) is 0. The molecular formula is C12H9BrOS. The van der Waals surface area contributed by atoms with E-state index in [9.17, 15) is 4.79 Å². The fraction of sp³-hybridized carbons (Fsp3) is 0.0833. The standard InChI is InChI=1S/C12H9BrOS/c1-8-2-3-9(7-14)10(6-8)12-11(13)4-5-15-12/h2-7H,1H3. The Bertz CT molecular complexity index is 502. The van der Waals surface area contributed by atoms with Crippen LogP contribution in [0.25, 0.3) is 10.4 Å². The Labute approximate surface area is 101 Å². The molecule has 2 aromatic rings. The third kappa shape index (κ3) is 2.03. The van der Waals surface area contributed by atoms with Gasteiger partial charge >= 0.3 is 0 Å². The van der Waals surface area contributed by atoms with Gasteiger partial charge in [0, 0.05) is 20.5 Å². The third-order valence-electron chi connectivity index (χ3n) is 2.20. The van der Waals surface area contributed by atoms with Crippen molar-refractivity contribution in [2.24, 2.45) is 0 Å². The van der Waals surface area contributed by atoms with Gasteiger partial charge in [-0.3, -0.25) is 4.79 Å². The van der Waals surface area contributed by atoms with Crippen molar-refractivity contribution in [2.75, 3.05) is 0 Å². The van der Waals surface area contributed by atoms with Crippen LogP contribution >= 0.6 is 27.3 Å². The second kappa shape index (κ2) is 4.29. The number of thiophene rings is 1. The quantitative estimate of drug-likeness (QED) is 0.750. The first-order valence-electron chi connectivity index (χ1n) is 4.51. The number of hydrogen-bond donors (Lipinski definition) is 0. The predicted octanol–water partition coefficient (Wildman–Crippen LogP) is 4.30. The van der Waals surface area contributed by atoms with E-state index in [0.717, 1.165) is 32.3 Å². The van der Waals surface area contributed by atoms with Crippen LogP contribution in [-0.4, -0.2) is 6.29 Å². The zero-order valence-corrected chi connectivity index (χ0v) is 10.6. The highest BCUT2D eigenvalue weighted by Crippen LogP contribution is 2.35. The van der Waals surface area contributed by atoms with Crippen molar-refractivity contribution >= 4 is 33.6 Å². The Morgan fingerprint density at radius 1 is 1.33 bits per heavy atom. The van der Waals surface area contributed by atoms with Crippen LogP contribution in [0.3, 0.4) is 0 Å². The van der Waals surface area contributed by atoms with Crippen molar-refractivity contribution in [3.05, 3.63) is 45.2 Å². The van der Waals surface area contributed by atoms with Crippen LogP contribution in [0.1, 0.15) is 15.9 Å². The molecule has 76 valence electrons. The minimum absolute atomic E-state index is 0.740.